The number of fused-ring (bicyclic) bond motifs is 1. The molecule has 0 fully saturated rings. The highest BCUT2D eigenvalue weighted by molar-refractivity contribution is 14.0. The maximum absolute atomic E-state index is 12.0. The fourth-order valence-corrected chi connectivity index (χ4v) is 2.62. The van der Waals surface area contributed by atoms with Gasteiger partial charge < -0.3 is 25.4 Å². The van der Waals surface area contributed by atoms with Crippen LogP contribution in [0.3, 0.4) is 0 Å². The molecule has 0 radical (unpaired) electrons. The fourth-order valence-electron chi connectivity index (χ4n) is 2.62. The van der Waals surface area contributed by atoms with Gasteiger partial charge in [0.05, 0.1) is 13.1 Å². The Morgan fingerprint density at radius 3 is 2.50 bits per heavy atom. The third-order valence-corrected chi connectivity index (χ3v) is 4.04. The number of ether oxygens (including phenoxy) is 2. The SMILES string of the molecule is CN=C(NCC(=O)NCc1ccccc1)NCC1COc2ccccc2O1.I. The summed E-state index contributed by atoms with van der Waals surface area (Å²) >= 11 is 0. The van der Waals surface area contributed by atoms with Crippen LogP contribution in [0.2, 0.25) is 0 Å². The molecule has 1 amide bonds. The first-order valence-electron chi connectivity index (χ1n) is 8.88. The Balaban J connectivity index is 0.00000280. The van der Waals surface area contributed by atoms with Crippen molar-refractivity contribution in [2.75, 3.05) is 26.7 Å². The summed E-state index contributed by atoms with van der Waals surface area (Å²) in [4.78, 5) is 16.1. The maximum atomic E-state index is 12.0. The second-order valence-electron chi connectivity index (χ2n) is 6.07. The fraction of sp³-hybridized carbons (Fsp3) is 0.300. The molecular weight excluding hydrogens is 471 g/mol. The Bertz CT molecular complexity index is 786. The van der Waals surface area contributed by atoms with E-state index in [0.29, 0.717) is 25.7 Å². The standard InChI is InChI=1S/C20H24N4O3.HI/c1-21-20(24-13-19(25)22-11-15-7-3-2-4-8-15)23-12-16-14-26-17-9-5-6-10-18(17)27-16;/h2-10,16H,11-14H2,1H3,(H,22,25)(H2,21,23,24);1H. The smallest absolute Gasteiger partial charge is 0.239 e. The van der Waals surface area contributed by atoms with Crippen molar-refractivity contribution in [1.82, 2.24) is 16.0 Å². The summed E-state index contributed by atoms with van der Waals surface area (Å²) in [5.74, 6) is 1.92. The van der Waals surface area contributed by atoms with Gasteiger partial charge in [-0.05, 0) is 17.7 Å². The molecule has 1 unspecified atom stereocenters. The molecule has 0 saturated carbocycles. The predicted octanol–water partition coefficient (Wildman–Crippen LogP) is 1.93. The van der Waals surface area contributed by atoms with Gasteiger partial charge in [0.15, 0.2) is 17.5 Å². The van der Waals surface area contributed by atoms with E-state index in [0.717, 1.165) is 17.1 Å². The summed E-state index contributed by atoms with van der Waals surface area (Å²) in [6.07, 6.45) is -0.134. The maximum Gasteiger partial charge on any atom is 0.239 e. The molecule has 0 aliphatic carbocycles. The van der Waals surface area contributed by atoms with Crippen LogP contribution in [0.5, 0.6) is 11.5 Å². The molecule has 0 saturated heterocycles. The highest BCUT2D eigenvalue weighted by Crippen LogP contribution is 2.30. The van der Waals surface area contributed by atoms with Crippen LogP contribution in [0.15, 0.2) is 59.6 Å². The number of carbonyl (C=O) groups is 1. The monoisotopic (exact) mass is 496 g/mol. The Hall–Kier alpha value is -2.49. The highest BCUT2D eigenvalue weighted by Gasteiger charge is 2.20. The quantitative estimate of drug-likeness (QED) is 0.324. The van der Waals surface area contributed by atoms with Crippen molar-refractivity contribution in [2.24, 2.45) is 4.99 Å². The zero-order chi connectivity index (χ0) is 18.9. The number of amides is 1. The average Bonchev–Trinajstić information content (AvgIpc) is 2.73. The van der Waals surface area contributed by atoms with Gasteiger partial charge in [-0.25, -0.2) is 0 Å². The minimum absolute atomic E-state index is 0. The molecule has 3 N–H and O–H groups in total. The number of para-hydroxylation sites is 2. The molecule has 2 aromatic rings. The van der Waals surface area contributed by atoms with E-state index in [-0.39, 0.29) is 42.5 Å². The largest absolute Gasteiger partial charge is 0.486 e. The average molecular weight is 496 g/mol. The van der Waals surface area contributed by atoms with Crippen LogP contribution < -0.4 is 25.4 Å². The van der Waals surface area contributed by atoms with Crippen molar-refractivity contribution in [3.05, 3.63) is 60.2 Å². The van der Waals surface area contributed by atoms with Crippen LogP contribution in [0.4, 0.5) is 0 Å². The van der Waals surface area contributed by atoms with Crippen molar-refractivity contribution in [1.29, 1.82) is 0 Å². The molecule has 0 aromatic heterocycles. The lowest BCUT2D eigenvalue weighted by Gasteiger charge is -2.27. The molecule has 28 heavy (non-hydrogen) atoms. The van der Waals surface area contributed by atoms with Gasteiger partial charge >= 0.3 is 0 Å². The Morgan fingerprint density at radius 2 is 1.75 bits per heavy atom. The number of nitrogens with one attached hydrogen (secondary N) is 3. The topological polar surface area (TPSA) is 84.0 Å². The summed E-state index contributed by atoms with van der Waals surface area (Å²) in [5.41, 5.74) is 1.06. The first-order valence-corrected chi connectivity index (χ1v) is 8.88. The molecule has 2 aromatic carbocycles. The normalized spacial score (nSPS) is 15.2. The second kappa shape index (κ2) is 11.4. The Kier molecular flexibility index (Phi) is 8.86. The van der Waals surface area contributed by atoms with E-state index in [1.54, 1.807) is 7.05 Å². The van der Waals surface area contributed by atoms with Crippen LogP contribution in [0.25, 0.3) is 0 Å². The number of halogens is 1. The van der Waals surface area contributed by atoms with Crippen LogP contribution >= 0.6 is 24.0 Å². The van der Waals surface area contributed by atoms with Crippen LogP contribution in [-0.2, 0) is 11.3 Å². The van der Waals surface area contributed by atoms with Crippen molar-refractivity contribution < 1.29 is 14.3 Å². The van der Waals surface area contributed by atoms with Gasteiger partial charge in [-0.3, -0.25) is 9.79 Å². The summed E-state index contributed by atoms with van der Waals surface area (Å²) in [5, 5.41) is 9.01. The van der Waals surface area contributed by atoms with Gasteiger partial charge in [-0.15, -0.1) is 24.0 Å². The van der Waals surface area contributed by atoms with Gasteiger partial charge in [-0.2, -0.15) is 0 Å². The van der Waals surface area contributed by atoms with E-state index in [2.05, 4.69) is 20.9 Å². The lowest BCUT2D eigenvalue weighted by atomic mass is 10.2. The van der Waals surface area contributed by atoms with Gasteiger partial charge in [0.1, 0.15) is 12.7 Å². The summed E-state index contributed by atoms with van der Waals surface area (Å²) in [7, 11) is 1.66. The van der Waals surface area contributed by atoms with E-state index >= 15 is 0 Å². The van der Waals surface area contributed by atoms with E-state index in [1.807, 2.05) is 54.6 Å². The van der Waals surface area contributed by atoms with Crippen molar-refractivity contribution in [3.63, 3.8) is 0 Å². The zero-order valence-electron chi connectivity index (χ0n) is 15.7. The predicted molar refractivity (Wildman–Crippen MR) is 119 cm³/mol. The number of aliphatic imine (C=N–C) groups is 1. The van der Waals surface area contributed by atoms with Crippen LogP contribution in [0, 0.1) is 0 Å². The van der Waals surface area contributed by atoms with E-state index in [9.17, 15) is 4.79 Å². The minimum atomic E-state index is -0.134. The molecular formula is C20H25IN4O3. The molecule has 7 nitrogen and oxygen atoms in total. The lowest BCUT2D eigenvalue weighted by molar-refractivity contribution is -0.120. The lowest BCUT2D eigenvalue weighted by Crippen LogP contribution is -2.47. The number of guanidine groups is 1. The molecule has 1 aliphatic heterocycles. The highest BCUT2D eigenvalue weighted by atomic mass is 127. The van der Waals surface area contributed by atoms with E-state index in [4.69, 9.17) is 9.47 Å². The summed E-state index contributed by atoms with van der Waals surface area (Å²) in [6, 6.07) is 17.4. The van der Waals surface area contributed by atoms with Crippen molar-refractivity contribution in [3.8, 4) is 11.5 Å². The van der Waals surface area contributed by atoms with E-state index in [1.165, 1.54) is 0 Å². The first-order chi connectivity index (χ1) is 13.2. The molecule has 150 valence electrons. The van der Waals surface area contributed by atoms with Crippen molar-refractivity contribution in [2.45, 2.75) is 12.6 Å². The number of nitrogens with zero attached hydrogens (tertiary/aromatic N) is 1. The molecule has 8 heteroatoms. The Labute approximate surface area is 181 Å². The van der Waals surface area contributed by atoms with Crippen LogP contribution in [-0.4, -0.2) is 44.7 Å². The number of carbonyl (C=O) groups excluding carboxylic acids is 1. The summed E-state index contributed by atoms with van der Waals surface area (Å²) < 4.78 is 11.6. The van der Waals surface area contributed by atoms with Crippen LogP contribution in [0.1, 0.15) is 5.56 Å². The van der Waals surface area contributed by atoms with Crippen molar-refractivity contribution >= 4 is 35.8 Å². The zero-order valence-corrected chi connectivity index (χ0v) is 18.0. The van der Waals surface area contributed by atoms with Gasteiger partial charge in [0, 0.05) is 13.6 Å². The number of hydrogen-bond acceptors (Lipinski definition) is 4. The van der Waals surface area contributed by atoms with E-state index < -0.39 is 0 Å². The molecule has 1 atom stereocenters. The second-order valence-corrected chi connectivity index (χ2v) is 6.07. The molecule has 1 heterocycles. The third kappa shape index (κ3) is 6.59. The summed E-state index contributed by atoms with van der Waals surface area (Å²) in [6.45, 7) is 1.61. The van der Waals surface area contributed by atoms with Gasteiger partial charge in [0.2, 0.25) is 5.91 Å². The number of benzene rings is 2. The third-order valence-electron chi connectivity index (χ3n) is 4.04. The first kappa shape index (κ1) is 21.8. The molecule has 3 rings (SSSR count). The minimum Gasteiger partial charge on any atom is -0.486 e. The van der Waals surface area contributed by atoms with Gasteiger partial charge in [-0.1, -0.05) is 42.5 Å². The molecule has 1 aliphatic rings. The van der Waals surface area contributed by atoms with Gasteiger partial charge in [0.25, 0.3) is 0 Å². The number of rotatable bonds is 6. The number of hydrogen-bond donors (Lipinski definition) is 3. The molecule has 0 spiro atoms. The molecule has 0 bridgehead atoms. The Morgan fingerprint density at radius 1 is 1.04 bits per heavy atom.